The van der Waals surface area contributed by atoms with E-state index in [1.807, 2.05) is 0 Å². The molecule has 1 spiro atoms. The van der Waals surface area contributed by atoms with E-state index >= 15 is 0 Å². The number of nitrogens with one attached hydrogen (secondary N) is 1. The van der Waals surface area contributed by atoms with E-state index in [4.69, 9.17) is 0 Å². The zero-order valence-corrected chi connectivity index (χ0v) is 7.17. The fraction of sp³-hybridized carbons (Fsp3) is 0.875. The molecule has 0 bridgehead atoms. The Bertz CT molecular complexity index is 149. The summed E-state index contributed by atoms with van der Waals surface area (Å²) >= 11 is 0. The minimum absolute atomic E-state index is 0.518. The molecule has 0 aromatic carbocycles. The zero-order valence-electron chi connectivity index (χ0n) is 6.36. The summed E-state index contributed by atoms with van der Waals surface area (Å²) in [7, 11) is 0.518. The van der Waals surface area contributed by atoms with Crippen molar-refractivity contribution in [2.24, 2.45) is 5.41 Å². The molecule has 58 valence electrons. The van der Waals surface area contributed by atoms with Crippen LogP contribution in [0.25, 0.3) is 0 Å². The Morgan fingerprint density at radius 2 is 1.80 bits per heavy atom. The predicted molar refractivity (Wildman–Crippen MR) is 49.0 cm³/mol. The van der Waals surface area contributed by atoms with E-state index in [-0.39, 0.29) is 0 Å². The Morgan fingerprint density at radius 3 is 2.20 bits per heavy atom. The van der Waals surface area contributed by atoms with Crippen LogP contribution >= 0.6 is 10.5 Å². The standard InChI is InChI=1S/C8H15NS/c1-10-4-2-8(3-5-10)6-9-7-8/h9H,1-7H2. The minimum Gasteiger partial charge on any atom is -0.316 e. The van der Waals surface area contributed by atoms with Crippen LogP contribution in [-0.2, 0) is 0 Å². The molecular weight excluding hydrogens is 142 g/mol. The van der Waals surface area contributed by atoms with Crippen molar-refractivity contribution in [1.82, 2.24) is 5.32 Å². The van der Waals surface area contributed by atoms with Crippen LogP contribution in [0.4, 0.5) is 0 Å². The van der Waals surface area contributed by atoms with Gasteiger partial charge in [0.25, 0.3) is 0 Å². The molecule has 2 heterocycles. The van der Waals surface area contributed by atoms with Crippen molar-refractivity contribution < 1.29 is 0 Å². The maximum absolute atomic E-state index is 4.13. The van der Waals surface area contributed by atoms with Gasteiger partial charge in [0, 0.05) is 13.1 Å². The highest BCUT2D eigenvalue weighted by Crippen LogP contribution is 2.39. The molecule has 0 aliphatic carbocycles. The van der Waals surface area contributed by atoms with Crippen LogP contribution in [0.5, 0.6) is 0 Å². The fourth-order valence-electron chi connectivity index (χ4n) is 1.78. The van der Waals surface area contributed by atoms with Gasteiger partial charge in [-0.15, -0.1) is 0 Å². The molecule has 0 aromatic rings. The monoisotopic (exact) mass is 157 g/mol. The maximum atomic E-state index is 4.13. The van der Waals surface area contributed by atoms with Gasteiger partial charge in [0.2, 0.25) is 0 Å². The highest BCUT2D eigenvalue weighted by atomic mass is 32.2. The third kappa shape index (κ3) is 1.04. The van der Waals surface area contributed by atoms with E-state index in [2.05, 4.69) is 11.2 Å². The van der Waals surface area contributed by atoms with Crippen molar-refractivity contribution in [2.75, 3.05) is 24.6 Å². The van der Waals surface area contributed by atoms with Gasteiger partial charge in [-0.05, 0) is 29.8 Å². The van der Waals surface area contributed by atoms with Crippen LogP contribution < -0.4 is 5.32 Å². The van der Waals surface area contributed by atoms with E-state index in [0.29, 0.717) is 10.5 Å². The van der Waals surface area contributed by atoms with Crippen molar-refractivity contribution in [3.05, 3.63) is 0 Å². The average molecular weight is 157 g/mol. The molecule has 2 aliphatic heterocycles. The van der Waals surface area contributed by atoms with Gasteiger partial charge in [0.1, 0.15) is 0 Å². The molecule has 10 heavy (non-hydrogen) atoms. The highest BCUT2D eigenvalue weighted by molar-refractivity contribution is 8.14. The highest BCUT2D eigenvalue weighted by Gasteiger charge is 2.37. The third-order valence-electron chi connectivity index (χ3n) is 2.84. The van der Waals surface area contributed by atoms with Gasteiger partial charge in [-0.25, -0.2) is 0 Å². The summed E-state index contributed by atoms with van der Waals surface area (Å²) in [6.07, 6.45) is 2.87. The second kappa shape index (κ2) is 2.35. The Morgan fingerprint density at radius 1 is 1.20 bits per heavy atom. The Labute approximate surface area is 65.1 Å². The summed E-state index contributed by atoms with van der Waals surface area (Å²) in [4.78, 5) is 0. The van der Waals surface area contributed by atoms with Crippen LogP contribution in [0.1, 0.15) is 12.8 Å². The first-order valence-corrected chi connectivity index (χ1v) is 5.72. The van der Waals surface area contributed by atoms with Crippen LogP contribution in [0.15, 0.2) is 0 Å². The van der Waals surface area contributed by atoms with Gasteiger partial charge in [-0.2, -0.15) is 10.5 Å². The SMILES string of the molecule is C=S1CCC2(CC1)CNC2. The van der Waals surface area contributed by atoms with Crippen molar-refractivity contribution in [3.8, 4) is 0 Å². The summed E-state index contributed by atoms with van der Waals surface area (Å²) in [5.41, 5.74) is 0.737. The van der Waals surface area contributed by atoms with Crippen LogP contribution in [0.3, 0.4) is 0 Å². The molecule has 2 fully saturated rings. The molecule has 2 aliphatic rings. The minimum atomic E-state index is 0.518. The maximum Gasteiger partial charge on any atom is 0.00208 e. The normalized spacial score (nSPS) is 32.0. The number of hydrogen-bond donors (Lipinski definition) is 1. The van der Waals surface area contributed by atoms with Gasteiger partial charge in [0.05, 0.1) is 0 Å². The smallest absolute Gasteiger partial charge is 0.00208 e. The van der Waals surface area contributed by atoms with Gasteiger partial charge in [0.15, 0.2) is 0 Å². The van der Waals surface area contributed by atoms with Gasteiger partial charge in [-0.3, -0.25) is 0 Å². The van der Waals surface area contributed by atoms with Crippen molar-refractivity contribution in [1.29, 1.82) is 0 Å². The quantitative estimate of drug-likeness (QED) is 0.519. The van der Waals surface area contributed by atoms with Crippen molar-refractivity contribution >= 4 is 16.4 Å². The zero-order chi connectivity index (χ0) is 7.03. The second-order valence-corrected chi connectivity index (χ2v) is 5.67. The topological polar surface area (TPSA) is 12.0 Å². The molecule has 2 rings (SSSR count). The van der Waals surface area contributed by atoms with E-state index in [9.17, 15) is 0 Å². The lowest BCUT2D eigenvalue weighted by molar-refractivity contribution is 0.153. The fourth-order valence-corrected chi connectivity index (χ4v) is 3.43. The molecule has 1 N–H and O–H groups in total. The summed E-state index contributed by atoms with van der Waals surface area (Å²) in [6, 6.07) is 0. The molecule has 0 unspecified atom stereocenters. The van der Waals surface area contributed by atoms with Crippen LogP contribution in [0, 0.1) is 5.41 Å². The van der Waals surface area contributed by atoms with E-state index in [0.717, 1.165) is 5.41 Å². The summed E-state index contributed by atoms with van der Waals surface area (Å²) in [6.45, 7) is 2.56. The molecule has 0 atom stereocenters. The number of rotatable bonds is 0. The van der Waals surface area contributed by atoms with E-state index < -0.39 is 0 Å². The van der Waals surface area contributed by atoms with Gasteiger partial charge >= 0.3 is 0 Å². The van der Waals surface area contributed by atoms with Crippen LogP contribution in [0.2, 0.25) is 0 Å². The Balaban J connectivity index is 1.96. The largest absolute Gasteiger partial charge is 0.316 e. The van der Waals surface area contributed by atoms with Gasteiger partial charge in [-0.1, -0.05) is 5.87 Å². The van der Waals surface area contributed by atoms with Crippen molar-refractivity contribution in [3.63, 3.8) is 0 Å². The van der Waals surface area contributed by atoms with E-state index in [1.54, 1.807) is 0 Å². The van der Waals surface area contributed by atoms with Crippen molar-refractivity contribution in [2.45, 2.75) is 12.8 Å². The van der Waals surface area contributed by atoms with Gasteiger partial charge < -0.3 is 5.32 Å². The molecule has 2 saturated heterocycles. The number of hydrogen-bond acceptors (Lipinski definition) is 1. The third-order valence-corrected chi connectivity index (χ3v) is 4.41. The Hall–Kier alpha value is 0.180. The Kier molecular flexibility index (Phi) is 1.61. The lowest BCUT2D eigenvalue weighted by Gasteiger charge is -2.46. The first kappa shape index (κ1) is 6.86. The average Bonchev–Trinajstić information content (AvgIpc) is 1.86. The molecule has 1 nitrogen and oxygen atoms in total. The molecule has 0 amide bonds. The second-order valence-electron chi connectivity index (χ2n) is 3.62. The van der Waals surface area contributed by atoms with E-state index in [1.165, 1.54) is 37.4 Å². The summed E-state index contributed by atoms with van der Waals surface area (Å²) < 4.78 is 0. The molecule has 0 saturated carbocycles. The summed E-state index contributed by atoms with van der Waals surface area (Å²) in [5, 5.41) is 3.37. The molecular formula is C8H15NS. The molecule has 2 heteroatoms. The first-order chi connectivity index (χ1) is 4.81. The lowest BCUT2D eigenvalue weighted by atomic mass is 9.77. The first-order valence-electron chi connectivity index (χ1n) is 3.99. The lowest BCUT2D eigenvalue weighted by Crippen LogP contribution is -2.55. The molecule has 0 radical (unpaired) electrons. The molecule has 0 aromatic heterocycles. The summed E-state index contributed by atoms with van der Waals surface area (Å²) in [5.74, 6) is 6.91. The predicted octanol–water partition coefficient (Wildman–Crippen LogP) is 1.07. The van der Waals surface area contributed by atoms with Crippen LogP contribution in [-0.4, -0.2) is 30.5 Å².